The first-order valence-corrected chi connectivity index (χ1v) is 10.5. The number of carbonyl (C=O) groups excluding carboxylic acids is 2. The average molecular weight is 421 g/mol. The van der Waals surface area contributed by atoms with Gasteiger partial charge in [-0.15, -0.1) is 0 Å². The number of aromatic nitrogens is 2. The second-order valence-electron chi connectivity index (χ2n) is 6.98. The highest BCUT2D eigenvalue weighted by molar-refractivity contribution is 7.99. The Morgan fingerprint density at radius 2 is 1.63 bits per heavy atom. The van der Waals surface area contributed by atoms with Crippen LogP contribution in [0.1, 0.15) is 33.7 Å². The minimum atomic E-state index is -0.179. The van der Waals surface area contributed by atoms with Crippen LogP contribution in [-0.2, 0) is 4.79 Å². The van der Waals surface area contributed by atoms with Crippen molar-refractivity contribution in [3.63, 3.8) is 0 Å². The summed E-state index contributed by atoms with van der Waals surface area (Å²) in [7, 11) is 0. The van der Waals surface area contributed by atoms with Crippen LogP contribution in [0.5, 0.6) is 0 Å². The van der Waals surface area contributed by atoms with Crippen LogP contribution in [0, 0.1) is 20.8 Å². The molecule has 0 saturated heterocycles. The third-order valence-corrected chi connectivity index (χ3v) is 5.10. The van der Waals surface area contributed by atoms with Gasteiger partial charge in [0.05, 0.1) is 0 Å². The van der Waals surface area contributed by atoms with Crippen molar-refractivity contribution in [2.45, 2.75) is 37.2 Å². The maximum atomic E-state index is 12.1. The van der Waals surface area contributed by atoms with Gasteiger partial charge in [-0.05, 0) is 75.0 Å². The highest BCUT2D eigenvalue weighted by Gasteiger charge is 2.08. The summed E-state index contributed by atoms with van der Waals surface area (Å²) in [6.45, 7) is 6.10. The van der Waals surface area contributed by atoms with Crippen LogP contribution >= 0.6 is 11.8 Å². The molecule has 0 aliphatic carbocycles. The van der Waals surface area contributed by atoms with Gasteiger partial charge in [-0.25, -0.2) is 9.97 Å². The molecule has 2 N–H and O–H groups in total. The number of rotatable bonds is 7. The van der Waals surface area contributed by atoms with Crippen LogP contribution in [0.2, 0.25) is 0 Å². The number of hydrogen-bond donors (Lipinski definition) is 2. The summed E-state index contributed by atoms with van der Waals surface area (Å²) in [6.07, 6.45) is 0.199. The monoisotopic (exact) mass is 420 g/mol. The van der Waals surface area contributed by atoms with E-state index in [0.29, 0.717) is 16.4 Å². The predicted molar refractivity (Wildman–Crippen MR) is 119 cm³/mol. The van der Waals surface area contributed by atoms with Gasteiger partial charge < -0.3 is 10.6 Å². The number of carbonyl (C=O) groups is 2. The first-order valence-electron chi connectivity index (χ1n) is 9.64. The minimum absolute atomic E-state index is 0.155. The van der Waals surface area contributed by atoms with Crippen molar-refractivity contribution in [1.82, 2.24) is 15.3 Å². The lowest BCUT2D eigenvalue weighted by Gasteiger charge is -2.08. The molecule has 7 heteroatoms. The third-order valence-electron chi connectivity index (χ3n) is 4.23. The first-order chi connectivity index (χ1) is 14.4. The van der Waals surface area contributed by atoms with Gasteiger partial charge in [0.1, 0.15) is 0 Å². The van der Waals surface area contributed by atoms with E-state index in [1.807, 2.05) is 69.3 Å². The molecule has 3 rings (SSSR count). The van der Waals surface area contributed by atoms with Crippen molar-refractivity contribution >= 4 is 29.3 Å². The van der Waals surface area contributed by atoms with Crippen molar-refractivity contribution in [1.29, 1.82) is 0 Å². The Labute approximate surface area is 180 Å². The van der Waals surface area contributed by atoms with Gasteiger partial charge in [0.2, 0.25) is 5.91 Å². The Morgan fingerprint density at radius 3 is 2.30 bits per heavy atom. The Morgan fingerprint density at radius 1 is 0.933 bits per heavy atom. The van der Waals surface area contributed by atoms with E-state index in [1.54, 1.807) is 6.07 Å². The number of aryl methyl sites for hydroxylation is 3. The topological polar surface area (TPSA) is 84.0 Å². The van der Waals surface area contributed by atoms with Crippen molar-refractivity contribution in [3.05, 3.63) is 77.1 Å². The van der Waals surface area contributed by atoms with E-state index >= 15 is 0 Å². The Balaban J connectivity index is 1.46. The Bertz CT molecular complexity index is 1030. The number of nitrogens with one attached hydrogen (secondary N) is 2. The lowest BCUT2D eigenvalue weighted by Crippen LogP contribution is -2.27. The molecule has 3 aromatic rings. The van der Waals surface area contributed by atoms with Crippen molar-refractivity contribution < 1.29 is 9.59 Å². The van der Waals surface area contributed by atoms with Gasteiger partial charge in [-0.3, -0.25) is 9.59 Å². The predicted octanol–water partition coefficient (Wildman–Crippen LogP) is 4.31. The quantitative estimate of drug-likeness (QED) is 0.557. The van der Waals surface area contributed by atoms with E-state index in [0.717, 1.165) is 21.8 Å². The largest absolute Gasteiger partial charge is 0.352 e. The lowest BCUT2D eigenvalue weighted by molar-refractivity contribution is -0.116. The summed E-state index contributed by atoms with van der Waals surface area (Å²) in [6, 6.07) is 16.8. The van der Waals surface area contributed by atoms with E-state index in [4.69, 9.17) is 0 Å². The van der Waals surface area contributed by atoms with Crippen molar-refractivity contribution in [2.24, 2.45) is 0 Å². The SMILES string of the molecule is Cc1cccc(C(=O)NCCC(=O)Nc2ccc(Sc3nc(C)cc(C)n3)cc2)c1. The molecular formula is C23H24N4O2S. The fourth-order valence-electron chi connectivity index (χ4n) is 2.85. The maximum absolute atomic E-state index is 12.1. The van der Waals surface area contributed by atoms with Gasteiger partial charge >= 0.3 is 0 Å². The maximum Gasteiger partial charge on any atom is 0.251 e. The van der Waals surface area contributed by atoms with Crippen LogP contribution in [0.25, 0.3) is 0 Å². The zero-order chi connectivity index (χ0) is 21.5. The third kappa shape index (κ3) is 6.42. The molecule has 0 atom stereocenters. The fraction of sp³-hybridized carbons (Fsp3) is 0.217. The zero-order valence-corrected chi connectivity index (χ0v) is 18.0. The molecule has 0 fully saturated rings. The summed E-state index contributed by atoms with van der Waals surface area (Å²) in [5.74, 6) is -0.334. The highest BCUT2D eigenvalue weighted by Crippen LogP contribution is 2.26. The van der Waals surface area contributed by atoms with Crippen molar-refractivity contribution in [3.8, 4) is 0 Å². The van der Waals surface area contributed by atoms with Crippen LogP contribution < -0.4 is 10.6 Å². The molecule has 0 spiro atoms. The molecule has 2 aromatic carbocycles. The van der Waals surface area contributed by atoms with Crippen LogP contribution in [-0.4, -0.2) is 28.3 Å². The summed E-state index contributed by atoms with van der Waals surface area (Å²) >= 11 is 1.48. The number of benzene rings is 2. The molecular weight excluding hydrogens is 396 g/mol. The number of hydrogen-bond acceptors (Lipinski definition) is 5. The number of anilines is 1. The first kappa shape index (κ1) is 21.5. The van der Waals surface area contributed by atoms with E-state index < -0.39 is 0 Å². The molecule has 0 saturated carbocycles. The number of amides is 2. The van der Waals surface area contributed by atoms with E-state index in [1.165, 1.54) is 11.8 Å². The molecule has 30 heavy (non-hydrogen) atoms. The molecule has 0 aliphatic rings. The molecule has 154 valence electrons. The Hall–Kier alpha value is -3.19. The van der Waals surface area contributed by atoms with Gasteiger partial charge in [0.25, 0.3) is 5.91 Å². The molecule has 0 unspecified atom stereocenters. The minimum Gasteiger partial charge on any atom is -0.352 e. The van der Waals surface area contributed by atoms with Gasteiger partial charge in [0, 0.05) is 40.5 Å². The lowest BCUT2D eigenvalue weighted by atomic mass is 10.1. The molecule has 1 aromatic heterocycles. The smallest absolute Gasteiger partial charge is 0.251 e. The fourth-order valence-corrected chi connectivity index (χ4v) is 3.71. The molecule has 0 radical (unpaired) electrons. The summed E-state index contributed by atoms with van der Waals surface area (Å²) in [5.41, 5.74) is 4.19. The zero-order valence-electron chi connectivity index (χ0n) is 17.2. The van der Waals surface area contributed by atoms with E-state index in [9.17, 15) is 9.59 Å². The second-order valence-corrected chi connectivity index (χ2v) is 8.02. The molecule has 1 heterocycles. The Kier molecular flexibility index (Phi) is 7.19. The highest BCUT2D eigenvalue weighted by atomic mass is 32.2. The van der Waals surface area contributed by atoms with Crippen LogP contribution in [0.3, 0.4) is 0 Å². The van der Waals surface area contributed by atoms with E-state index in [-0.39, 0.29) is 24.8 Å². The van der Waals surface area contributed by atoms with Gasteiger partial charge in [-0.1, -0.05) is 17.7 Å². The van der Waals surface area contributed by atoms with E-state index in [2.05, 4.69) is 20.6 Å². The number of nitrogens with zero attached hydrogens (tertiary/aromatic N) is 2. The van der Waals surface area contributed by atoms with Crippen molar-refractivity contribution in [2.75, 3.05) is 11.9 Å². The average Bonchev–Trinajstić information content (AvgIpc) is 2.68. The molecule has 2 amide bonds. The van der Waals surface area contributed by atoms with Gasteiger partial charge in [0.15, 0.2) is 5.16 Å². The molecule has 0 bridgehead atoms. The normalized spacial score (nSPS) is 10.5. The standard InChI is InChI=1S/C23H24N4O2S/c1-15-5-4-6-18(13-15)22(29)24-12-11-21(28)27-19-7-9-20(10-8-19)30-23-25-16(2)14-17(3)26-23/h4-10,13-14H,11-12H2,1-3H3,(H,24,29)(H,27,28). The summed E-state index contributed by atoms with van der Waals surface area (Å²) in [4.78, 5) is 34.1. The van der Waals surface area contributed by atoms with Crippen LogP contribution in [0.15, 0.2) is 64.6 Å². The second kappa shape index (κ2) is 10.0. The summed E-state index contributed by atoms with van der Waals surface area (Å²) in [5, 5.41) is 6.32. The van der Waals surface area contributed by atoms with Gasteiger partial charge in [-0.2, -0.15) is 0 Å². The molecule has 6 nitrogen and oxygen atoms in total. The summed E-state index contributed by atoms with van der Waals surface area (Å²) < 4.78 is 0. The van der Waals surface area contributed by atoms with Crippen LogP contribution in [0.4, 0.5) is 5.69 Å². The molecule has 0 aliphatic heterocycles.